The van der Waals surface area contributed by atoms with E-state index in [0.29, 0.717) is 35.1 Å². The molecule has 0 aliphatic carbocycles. The molecule has 1 unspecified atom stereocenters. The standard InChI is InChI=1S/C28H24FNO4/c1-16-14-22-23(15-17(16)2)34-27-24(26(22)31)25(19-6-8-20(29)9-7-19)30(28(27)32)13-12-18-4-10-21(33-3)11-5-18/h4-11,14-15,25H,12-13H2,1-3H3. The Kier molecular flexibility index (Phi) is 5.44. The zero-order valence-corrected chi connectivity index (χ0v) is 19.2. The number of carbonyl (C=O) groups excluding carboxylic acids is 1. The molecule has 34 heavy (non-hydrogen) atoms. The van der Waals surface area contributed by atoms with Gasteiger partial charge in [0.1, 0.15) is 17.1 Å². The van der Waals surface area contributed by atoms with Gasteiger partial charge in [-0.3, -0.25) is 9.59 Å². The highest BCUT2D eigenvalue weighted by Gasteiger charge is 2.42. The molecule has 5 rings (SSSR count). The quantitative estimate of drug-likeness (QED) is 0.406. The summed E-state index contributed by atoms with van der Waals surface area (Å²) in [4.78, 5) is 28.8. The van der Waals surface area contributed by atoms with E-state index in [2.05, 4.69) is 0 Å². The number of ether oxygens (including phenoxy) is 1. The Bertz CT molecular complexity index is 1460. The highest BCUT2D eigenvalue weighted by atomic mass is 19.1. The maximum atomic E-state index is 13.7. The van der Waals surface area contributed by atoms with Crippen molar-refractivity contribution in [1.29, 1.82) is 0 Å². The zero-order chi connectivity index (χ0) is 24.0. The summed E-state index contributed by atoms with van der Waals surface area (Å²) in [6.45, 7) is 4.24. The molecule has 5 nitrogen and oxygen atoms in total. The molecule has 1 atom stereocenters. The molecule has 0 fully saturated rings. The molecule has 1 amide bonds. The van der Waals surface area contributed by atoms with Crippen molar-refractivity contribution in [2.45, 2.75) is 26.3 Å². The van der Waals surface area contributed by atoms with Crippen LogP contribution < -0.4 is 10.2 Å². The van der Waals surface area contributed by atoms with Crippen LogP contribution in [0, 0.1) is 19.7 Å². The van der Waals surface area contributed by atoms with Gasteiger partial charge >= 0.3 is 0 Å². The van der Waals surface area contributed by atoms with Crippen molar-refractivity contribution in [3.63, 3.8) is 0 Å². The maximum Gasteiger partial charge on any atom is 0.290 e. The molecule has 0 radical (unpaired) electrons. The van der Waals surface area contributed by atoms with Gasteiger partial charge in [-0.25, -0.2) is 4.39 Å². The SMILES string of the molecule is COc1ccc(CCN2C(=O)c3oc4cc(C)c(C)cc4c(=O)c3C2c2ccc(F)cc2)cc1. The minimum absolute atomic E-state index is 0.0600. The van der Waals surface area contributed by atoms with Crippen molar-refractivity contribution in [2.75, 3.05) is 13.7 Å². The average Bonchev–Trinajstić information content (AvgIpc) is 3.11. The average molecular weight is 458 g/mol. The van der Waals surface area contributed by atoms with Gasteiger partial charge in [0.05, 0.1) is 24.1 Å². The summed E-state index contributed by atoms with van der Waals surface area (Å²) in [5, 5.41) is 0.443. The molecule has 0 saturated carbocycles. The fourth-order valence-electron chi connectivity index (χ4n) is 4.54. The minimum atomic E-state index is -0.649. The molecule has 2 heterocycles. The third kappa shape index (κ3) is 3.65. The second kappa shape index (κ2) is 8.45. The van der Waals surface area contributed by atoms with E-state index >= 15 is 0 Å². The second-order valence-electron chi connectivity index (χ2n) is 8.66. The molecule has 6 heteroatoms. The zero-order valence-electron chi connectivity index (χ0n) is 19.2. The second-order valence-corrected chi connectivity index (χ2v) is 8.66. The van der Waals surface area contributed by atoms with Crippen LogP contribution in [0.2, 0.25) is 0 Å². The summed E-state index contributed by atoms with van der Waals surface area (Å²) in [7, 11) is 1.61. The van der Waals surface area contributed by atoms with Crippen LogP contribution in [0.3, 0.4) is 0 Å². The van der Waals surface area contributed by atoms with E-state index in [1.807, 2.05) is 44.2 Å². The number of carbonyl (C=O) groups is 1. The van der Waals surface area contributed by atoms with Gasteiger partial charge in [-0.15, -0.1) is 0 Å². The summed E-state index contributed by atoms with van der Waals surface area (Å²) in [5.41, 5.74) is 4.12. The van der Waals surface area contributed by atoms with Crippen LogP contribution in [-0.4, -0.2) is 24.5 Å². The van der Waals surface area contributed by atoms with Gasteiger partial charge in [-0.05, 0) is 78.9 Å². The lowest BCUT2D eigenvalue weighted by Gasteiger charge is -2.25. The number of hydrogen-bond donors (Lipinski definition) is 0. The number of benzene rings is 3. The van der Waals surface area contributed by atoms with Gasteiger partial charge in [0.25, 0.3) is 5.91 Å². The van der Waals surface area contributed by atoms with Crippen molar-refractivity contribution in [3.05, 3.63) is 110 Å². The molecule has 1 aromatic heterocycles. The normalized spacial score (nSPS) is 15.1. The molecule has 172 valence electrons. The minimum Gasteiger partial charge on any atom is -0.497 e. The lowest BCUT2D eigenvalue weighted by atomic mass is 9.97. The first-order chi connectivity index (χ1) is 16.4. The highest BCUT2D eigenvalue weighted by Crippen LogP contribution is 2.38. The maximum absolute atomic E-state index is 13.7. The summed E-state index contributed by atoms with van der Waals surface area (Å²) >= 11 is 0. The third-order valence-corrected chi connectivity index (χ3v) is 6.57. The van der Waals surface area contributed by atoms with E-state index in [4.69, 9.17) is 9.15 Å². The molecule has 3 aromatic carbocycles. The van der Waals surface area contributed by atoms with Crippen LogP contribution in [-0.2, 0) is 6.42 Å². The number of fused-ring (bicyclic) bond motifs is 2. The predicted octanol–water partition coefficient (Wildman–Crippen LogP) is 5.35. The van der Waals surface area contributed by atoms with Crippen molar-refractivity contribution in [3.8, 4) is 5.75 Å². The first-order valence-corrected chi connectivity index (χ1v) is 11.1. The van der Waals surface area contributed by atoms with Gasteiger partial charge in [-0.2, -0.15) is 0 Å². The van der Waals surface area contributed by atoms with Gasteiger partial charge in [0.2, 0.25) is 5.76 Å². The Morgan fingerprint density at radius 3 is 2.32 bits per heavy atom. The Morgan fingerprint density at radius 1 is 0.971 bits per heavy atom. The molecular formula is C28H24FNO4. The van der Waals surface area contributed by atoms with Crippen molar-refractivity contribution >= 4 is 16.9 Å². The van der Waals surface area contributed by atoms with E-state index in [0.717, 1.165) is 22.4 Å². The monoisotopic (exact) mass is 457 g/mol. The Balaban J connectivity index is 1.61. The number of hydrogen-bond acceptors (Lipinski definition) is 4. The van der Waals surface area contributed by atoms with Gasteiger partial charge in [0.15, 0.2) is 5.43 Å². The van der Waals surface area contributed by atoms with Gasteiger partial charge in [-0.1, -0.05) is 24.3 Å². The Hall–Kier alpha value is -3.93. The molecule has 4 aromatic rings. The van der Waals surface area contributed by atoms with Crippen LogP contribution in [0.1, 0.15) is 44.4 Å². The number of methoxy groups -OCH3 is 1. The number of rotatable bonds is 5. The lowest BCUT2D eigenvalue weighted by Crippen LogP contribution is -2.31. The molecule has 0 N–H and O–H groups in total. The fraction of sp³-hybridized carbons (Fsp3) is 0.214. The van der Waals surface area contributed by atoms with Gasteiger partial charge < -0.3 is 14.1 Å². The van der Waals surface area contributed by atoms with Crippen LogP contribution in [0.4, 0.5) is 4.39 Å². The van der Waals surface area contributed by atoms with E-state index in [1.165, 1.54) is 12.1 Å². The van der Waals surface area contributed by atoms with E-state index in [1.54, 1.807) is 30.2 Å². The highest BCUT2D eigenvalue weighted by molar-refractivity contribution is 5.99. The number of aryl methyl sites for hydroxylation is 2. The topological polar surface area (TPSA) is 59.8 Å². The van der Waals surface area contributed by atoms with E-state index in [-0.39, 0.29) is 22.9 Å². The van der Waals surface area contributed by atoms with Crippen LogP contribution in [0.15, 0.2) is 69.9 Å². The van der Waals surface area contributed by atoms with Crippen LogP contribution in [0.25, 0.3) is 11.0 Å². The number of halogens is 1. The Morgan fingerprint density at radius 2 is 1.65 bits per heavy atom. The molecule has 0 bridgehead atoms. The fourth-order valence-corrected chi connectivity index (χ4v) is 4.54. The van der Waals surface area contributed by atoms with Crippen molar-refractivity contribution in [1.82, 2.24) is 4.90 Å². The largest absolute Gasteiger partial charge is 0.497 e. The first kappa shape index (κ1) is 21.9. The summed E-state index contributed by atoms with van der Waals surface area (Å²) in [6, 6.07) is 16.5. The summed E-state index contributed by atoms with van der Waals surface area (Å²) in [6.07, 6.45) is 0.577. The van der Waals surface area contributed by atoms with Crippen LogP contribution in [0.5, 0.6) is 5.75 Å². The Labute approximate surface area is 196 Å². The predicted molar refractivity (Wildman–Crippen MR) is 128 cm³/mol. The molecular weight excluding hydrogens is 433 g/mol. The number of nitrogens with zero attached hydrogens (tertiary/aromatic N) is 1. The van der Waals surface area contributed by atoms with E-state index in [9.17, 15) is 14.0 Å². The van der Waals surface area contributed by atoms with Gasteiger partial charge in [0, 0.05) is 6.54 Å². The lowest BCUT2D eigenvalue weighted by molar-refractivity contribution is 0.0730. The molecule has 0 saturated heterocycles. The van der Waals surface area contributed by atoms with Crippen LogP contribution >= 0.6 is 0 Å². The summed E-state index contributed by atoms with van der Waals surface area (Å²) < 4.78 is 24.9. The molecule has 0 spiro atoms. The summed E-state index contributed by atoms with van der Waals surface area (Å²) in [5.74, 6) is 0.0965. The number of amides is 1. The molecule has 1 aliphatic rings. The molecule has 1 aliphatic heterocycles. The van der Waals surface area contributed by atoms with Crippen molar-refractivity contribution < 1.29 is 18.3 Å². The van der Waals surface area contributed by atoms with E-state index < -0.39 is 6.04 Å². The third-order valence-electron chi connectivity index (χ3n) is 6.57. The smallest absolute Gasteiger partial charge is 0.290 e. The van der Waals surface area contributed by atoms with Crippen molar-refractivity contribution in [2.24, 2.45) is 0 Å². The first-order valence-electron chi connectivity index (χ1n) is 11.1.